The van der Waals surface area contributed by atoms with Crippen molar-refractivity contribution in [1.82, 2.24) is 0 Å². The highest BCUT2D eigenvalue weighted by atomic mass is 19.1. The van der Waals surface area contributed by atoms with E-state index in [1.54, 1.807) is 0 Å². The average molecular weight is 395 g/mol. The molecule has 0 fully saturated rings. The molecule has 0 heterocycles. The van der Waals surface area contributed by atoms with E-state index in [1.165, 1.54) is 22.3 Å². The Kier molecular flexibility index (Phi) is 8.03. The molecule has 2 aromatic rings. The topological polar surface area (TPSA) is 17.1 Å². The summed E-state index contributed by atoms with van der Waals surface area (Å²) in [6.07, 6.45) is 8.58. The Hall–Kier alpha value is -1.96. The summed E-state index contributed by atoms with van der Waals surface area (Å²) in [6.45, 7) is 4.05. The molecule has 1 aliphatic carbocycles. The van der Waals surface area contributed by atoms with Gasteiger partial charge < -0.3 is 0 Å². The van der Waals surface area contributed by atoms with E-state index in [0.29, 0.717) is 25.2 Å². The molecule has 0 radical (unpaired) electrons. The molecule has 3 rings (SSSR count). The number of alkyl halides is 1. The molecule has 1 aliphatic rings. The van der Waals surface area contributed by atoms with Crippen molar-refractivity contribution >= 4 is 5.78 Å². The van der Waals surface area contributed by atoms with Crippen LogP contribution in [0.15, 0.2) is 42.5 Å². The van der Waals surface area contributed by atoms with Gasteiger partial charge in [-0.3, -0.25) is 4.79 Å². The maximum Gasteiger partial charge on any atom is 0.163 e. The fraction of sp³-hybridized carbons (Fsp3) is 0.519. The zero-order valence-electron chi connectivity index (χ0n) is 18.1. The molecule has 0 saturated carbocycles. The molecule has 0 bridgehead atoms. The minimum absolute atomic E-state index is 0.274. The van der Waals surface area contributed by atoms with Crippen LogP contribution in [-0.4, -0.2) is 12.0 Å². The zero-order chi connectivity index (χ0) is 20.6. The third-order valence-electron chi connectivity index (χ3n) is 6.44. The van der Waals surface area contributed by atoms with Gasteiger partial charge in [0.25, 0.3) is 0 Å². The summed E-state index contributed by atoms with van der Waals surface area (Å²) in [4.78, 5) is 12.7. The lowest BCUT2D eigenvalue weighted by Gasteiger charge is -2.25. The molecule has 0 N–H and O–H groups in total. The van der Waals surface area contributed by atoms with Crippen LogP contribution in [0, 0.1) is 5.92 Å². The molecular weight excluding hydrogens is 359 g/mol. The highest BCUT2D eigenvalue weighted by molar-refractivity contribution is 5.96. The van der Waals surface area contributed by atoms with Crippen LogP contribution in [0.4, 0.5) is 4.39 Å². The van der Waals surface area contributed by atoms with Crippen LogP contribution < -0.4 is 0 Å². The Morgan fingerprint density at radius 2 is 1.79 bits per heavy atom. The number of rotatable bonds is 10. The number of aryl methyl sites for hydroxylation is 3. The van der Waals surface area contributed by atoms with Gasteiger partial charge in [0, 0.05) is 12.0 Å². The predicted molar refractivity (Wildman–Crippen MR) is 119 cm³/mol. The normalized spacial score (nSPS) is 17.0. The molecule has 0 amide bonds. The SMILES string of the molecule is CCc1ccc(C(=O)C[C@H]2CCc3cc(CCCC[C@@H](F)CC)ccc3C2)cc1. The first-order chi connectivity index (χ1) is 14.1. The second-order valence-corrected chi connectivity index (χ2v) is 8.64. The van der Waals surface area contributed by atoms with Crippen molar-refractivity contribution in [1.29, 1.82) is 0 Å². The lowest BCUT2D eigenvalue weighted by atomic mass is 9.80. The highest BCUT2D eigenvalue weighted by Gasteiger charge is 2.22. The van der Waals surface area contributed by atoms with Gasteiger partial charge in [-0.25, -0.2) is 4.39 Å². The van der Waals surface area contributed by atoms with Crippen molar-refractivity contribution in [3.05, 3.63) is 70.3 Å². The Balaban J connectivity index is 1.51. The number of unbranched alkanes of at least 4 members (excludes halogenated alkanes) is 1. The molecule has 0 spiro atoms. The number of benzene rings is 2. The van der Waals surface area contributed by atoms with Crippen molar-refractivity contribution in [2.45, 2.75) is 84.2 Å². The molecule has 0 saturated heterocycles. The summed E-state index contributed by atoms with van der Waals surface area (Å²) in [5.74, 6) is 0.721. The summed E-state index contributed by atoms with van der Waals surface area (Å²) in [7, 11) is 0. The number of Topliss-reactive ketones (excluding diaryl/α,β-unsaturated/α-hetero) is 1. The maximum absolute atomic E-state index is 13.3. The van der Waals surface area contributed by atoms with Gasteiger partial charge in [-0.1, -0.05) is 62.7 Å². The van der Waals surface area contributed by atoms with Crippen molar-refractivity contribution in [3.63, 3.8) is 0 Å². The quantitative estimate of drug-likeness (QED) is 0.310. The van der Waals surface area contributed by atoms with E-state index in [4.69, 9.17) is 0 Å². The van der Waals surface area contributed by atoms with Gasteiger partial charge >= 0.3 is 0 Å². The predicted octanol–water partition coefficient (Wildman–Crippen LogP) is 7.09. The van der Waals surface area contributed by atoms with E-state index in [9.17, 15) is 9.18 Å². The molecule has 0 aromatic heterocycles. The number of carbonyl (C=O) groups is 1. The molecule has 2 atom stereocenters. The van der Waals surface area contributed by atoms with E-state index < -0.39 is 6.17 Å². The molecule has 156 valence electrons. The highest BCUT2D eigenvalue weighted by Crippen LogP contribution is 2.30. The molecule has 1 nitrogen and oxygen atoms in total. The number of hydrogen-bond acceptors (Lipinski definition) is 1. The van der Waals surface area contributed by atoms with Crippen LogP contribution in [-0.2, 0) is 25.7 Å². The average Bonchev–Trinajstić information content (AvgIpc) is 2.76. The Morgan fingerprint density at radius 1 is 1.03 bits per heavy atom. The van der Waals surface area contributed by atoms with Gasteiger partial charge in [-0.05, 0) is 79.5 Å². The van der Waals surface area contributed by atoms with E-state index in [-0.39, 0.29) is 5.78 Å². The van der Waals surface area contributed by atoms with Gasteiger partial charge in [-0.15, -0.1) is 0 Å². The zero-order valence-corrected chi connectivity index (χ0v) is 18.1. The van der Waals surface area contributed by atoms with Crippen LogP contribution >= 0.6 is 0 Å². The fourth-order valence-corrected chi connectivity index (χ4v) is 4.42. The number of hydrogen-bond donors (Lipinski definition) is 0. The summed E-state index contributed by atoms with van der Waals surface area (Å²) in [5.41, 5.74) is 6.37. The van der Waals surface area contributed by atoms with Crippen LogP contribution in [0.5, 0.6) is 0 Å². The van der Waals surface area contributed by atoms with E-state index >= 15 is 0 Å². The summed E-state index contributed by atoms with van der Waals surface area (Å²) >= 11 is 0. The van der Waals surface area contributed by atoms with Gasteiger partial charge in [-0.2, -0.15) is 0 Å². The van der Waals surface area contributed by atoms with Crippen LogP contribution in [0.25, 0.3) is 0 Å². The van der Waals surface area contributed by atoms with Crippen molar-refractivity contribution in [2.75, 3.05) is 0 Å². The van der Waals surface area contributed by atoms with E-state index in [2.05, 4.69) is 37.3 Å². The van der Waals surface area contributed by atoms with E-state index in [0.717, 1.165) is 50.5 Å². The standard InChI is InChI=1S/C27H35FO/c1-3-20-9-13-23(14-10-20)27(29)19-22-12-16-24-17-21(11-15-25(24)18-22)7-5-6-8-26(28)4-2/h9-11,13-15,17,22,26H,3-8,12,16,18-19H2,1-2H3/t22-,26-/m0/s1. The molecular formula is C27H35FO. The first kappa shape index (κ1) is 21.7. The number of halogens is 1. The molecule has 2 heteroatoms. The molecule has 29 heavy (non-hydrogen) atoms. The van der Waals surface area contributed by atoms with Crippen molar-refractivity contribution in [3.8, 4) is 0 Å². The van der Waals surface area contributed by atoms with Gasteiger partial charge in [0.05, 0.1) is 6.17 Å². The third-order valence-corrected chi connectivity index (χ3v) is 6.44. The summed E-state index contributed by atoms with van der Waals surface area (Å²) in [5, 5.41) is 0. The third kappa shape index (κ3) is 6.26. The Bertz CT molecular complexity index is 793. The second kappa shape index (κ2) is 10.7. The minimum Gasteiger partial charge on any atom is -0.294 e. The monoisotopic (exact) mass is 394 g/mol. The van der Waals surface area contributed by atoms with E-state index in [1.807, 2.05) is 19.1 Å². The van der Waals surface area contributed by atoms with Gasteiger partial charge in [0.2, 0.25) is 0 Å². The van der Waals surface area contributed by atoms with Crippen LogP contribution in [0.2, 0.25) is 0 Å². The molecule has 2 aromatic carbocycles. The Morgan fingerprint density at radius 3 is 2.52 bits per heavy atom. The number of fused-ring (bicyclic) bond motifs is 1. The molecule has 0 aliphatic heterocycles. The lowest BCUT2D eigenvalue weighted by molar-refractivity contribution is 0.0957. The summed E-state index contributed by atoms with van der Waals surface area (Å²) in [6, 6.07) is 15.0. The smallest absolute Gasteiger partial charge is 0.163 e. The van der Waals surface area contributed by atoms with Crippen molar-refractivity contribution < 1.29 is 9.18 Å². The minimum atomic E-state index is -0.636. The van der Waals surface area contributed by atoms with Gasteiger partial charge in [0.1, 0.15) is 0 Å². The van der Waals surface area contributed by atoms with Crippen LogP contribution in [0.1, 0.15) is 85.0 Å². The number of ketones is 1. The maximum atomic E-state index is 13.3. The first-order valence-corrected chi connectivity index (χ1v) is 11.5. The lowest BCUT2D eigenvalue weighted by Crippen LogP contribution is -2.18. The fourth-order valence-electron chi connectivity index (χ4n) is 4.42. The second-order valence-electron chi connectivity index (χ2n) is 8.64. The first-order valence-electron chi connectivity index (χ1n) is 11.5. The van der Waals surface area contributed by atoms with Crippen LogP contribution in [0.3, 0.4) is 0 Å². The largest absolute Gasteiger partial charge is 0.294 e. The van der Waals surface area contributed by atoms with Crippen molar-refractivity contribution in [2.24, 2.45) is 5.92 Å². The number of carbonyl (C=O) groups excluding carboxylic acids is 1. The Labute approximate surface area is 175 Å². The van der Waals surface area contributed by atoms with Gasteiger partial charge in [0.15, 0.2) is 5.78 Å². The summed E-state index contributed by atoms with van der Waals surface area (Å²) < 4.78 is 13.3. The molecule has 0 unspecified atom stereocenters.